The summed E-state index contributed by atoms with van der Waals surface area (Å²) in [6, 6.07) is 6.37. The minimum Gasteiger partial charge on any atom is -0.468 e. The first-order valence-corrected chi connectivity index (χ1v) is 7.47. The van der Waals surface area contributed by atoms with Crippen LogP contribution in [0.25, 0.3) is 0 Å². The van der Waals surface area contributed by atoms with Crippen LogP contribution in [0, 0.1) is 0 Å². The van der Waals surface area contributed by atoms with Gasteiger partial charge in [0.2, 0.25) is 0 Å². The maximum atomic E-state index is 5.48. The highest BCUT2D eigenvalue weighted by Gasteiger charge is 2.16. The Hall–Kier alpha value is -0.620. The summed E-state index contributed by atoms with van der Waals surface area (Å²) >= 11 is 5.23. The first-order valence-electron chi connectivity index (χ1n) is 5.80. The van der Waals surface area contributed by atoms with Crippen LogP contribution in [0.4, 0.5) is 0 Å². The lowest BCUT2D eigenvalue weighted by atomic mass is 10.2. The SMILES string of the molecule is CN(C)C(CNCc1cc(Br)cs1)c1ccco1. The van der Waals surface area contributed by atoms with Crippen molar-refractivity contribution in [2.45, 2.75) is 12.6 Å². The standard InChI is InChI=1S/C13H17BrN2OS/c1-16(2)12(13-4-3-5-17-13)8-15-7-11-6-10(14)9-18-11/h3-6,9,12,15H,7-8H2,1-2H3. The van der Waals surface area contributed by atoms with Crippen LogP contribution in [-0.4, -0.2) is 25.5 Å². The molecule has 0 aliphatic carbocycles. The van der Waals surface area contributed by atoms with Gasteiger partial charge in [0, 0.05) is 27.8 Å². The van der Waals surface area contributed by atoms with Crippen molar-refractivity contribution in [3.63, 3.8) is 0 Å². The Morgan fingerprint density at radius 1 is 1.50 bits per heavy atom. The van der Waals surface area contributed by atoms with Gasteiger partial charge in [0.15, 0.2) is 0 Å². The minimum atomic E-state index is 0.267. The first kappa shape index (κ1) is 13.8. The fraction of sp³-hybridized carbons (Fsp3) is 0.385. The Morgan fingerprint density at radius 2 is 2.33 bits per heavy atom. The molecule has 0 saturated carbocycles. The zero-order valence-corrected chi connectivity index (χ0v) is 12.9. The Kier molecular flexibility index (Phi) is 5.00. The lowest BCUT2D eigenvalue weighted by Crippen LogP contribution is -2.30. The highest BCUT2D eigenvalue weighted by Crippen LogP contribution is 2.20. The zero-order chi connectivity index (χ0) is 13.0. The molecule has 0 amide bonds. The largest absolute Gasteiger partial charge is 0.468 e. The van der Waals surface area contributed by atoms with Gasteiger partial charge in [-0.05, 0) is 48.2 Å². The number of rotatable bonds is 6. The molecule has 0 saturated heterocycles. The number of hydrogen-bond donors (Lipinski definition) is 1. The molecular formula is C13H17BrN2OS. The summed E-state index contributed by atoms with van der Waals surface area (Å²) in [5.74, 6) is 1.000. The Bertz CT molecular complexity index is 467. The quantitative estimate of drug-likeness (QED) is 0.879. The second kappa shape index (κ2) is 6.52. The normalized spacial score (nSPS) is 13.1. The molecule has 1 unspecified atom stereocenters. The summed E-state index contributed by atoms with van der Waals surface area (Å²) < 4.78 is 6.63. The molecule has 0 aromatic carbocycles. The number of likely N-dealkylation sites (N-methyl/N-ethyl adjacent to an activating group) is 1. The molecule has 5 heteroatoms. The molecule has 0 aliphatic rings. The summed E-state index contributed by atoms with van der Waals surface area (Å²) in [5, 5.41) is 5.58. The van der Waals surface area contributed by atoms with Crippen molar-refractivity contribution in [3.05, 3.63) is 45.0 Å². The average molecular weight is 329 g/mol. The molecule has 2 aromatic rings. The van der Waals surface area contributed by atoms with Crippen molar-refractivity contribution >= 4 is 27.3 Å². The Balaban J connectivity index is 1.87. The summed E-state index contributed by atoms with van der Waals surface area (Å²) in [4.78, 5) is 3.50. The second-order valence-electron chi connectivity index (χ2n) is 4.36. The van der Waals surface area contributed by atoms with E-state index in [9.17, 15) is 0 Å². The fourth-order valence-electron chi connectivity index (χ4n) is 1.80. The summed E-state index contributed by atoms with van der Waals surface area (Å²) in [7, 11) is 4.13. The summed E-state index contributed by atoms with van der Waals surface area (Å²) in [6.45, 7) is 1.76. The van der Waals surface area contributed by atoms with Gasteiger partial charge in [0.25, 0.3) is 0 Å². The number of furan rings is 1. The number of hydrogen-bond acceptors (Lipinski definition) is 4. The lowest BCUT2D eigenvalue weighted by Gasteiger charge is -2.22. The molecule has 98 valence electrons. The van der Waals surface area contributed by atoms with E-state index in [1.807, 2.05) is 12.1 Å². The molecule has 0 bridgehead atoms. The van der Waals surface area contributed by atoms with Gasteiger partial charge in [-0.1, -0.05) is 0 Å². The van der Waals surface area contributed by atoms with Gasteiger partial charge in [-0.25, -0.2) is 0 Å². The molecule has 2 aromatic heterocycles. The first-order chi connectivity index (χ1) is 8.66. The molecule has 2 heterocycles. The molecule has 0 fully saturated rings. The number of nitrogens with zero attached hydrogens (tertiary/aromatic N) is 1. The molecule has 3 nitrogen and oxygen atoms in total. The molecule has 0 spiro atoms. The van der Waals surface area contributed by atoms with Crippen molar-refractivity contribution < 1.29 is 4.42 Å². The predicted molar refractivity (Wildman–Crippen MR) is 78.9 cm³/mol. The second-order valence-corrected chi connectivity index (χ2v) is 6.27. The van der Waals surface area contributed by atoms with E-state index in [1.54, 1.807) is 17.6 Å². The molecule has 1 atom stereocenters. The maximum absolute atomic E-state index is 5.48. The molecule has 18 heavy (non-hydrogen) atoms. The van der Waals surface area contributed by atoms with Crippen LogP contribution in [0.1, 0.15) is 16.7 Å². The smallest absolute Gasteiger partial charge is 0.122 e. The number of thiophene rings is 1. The minimum absolute atomic E-state index is 0.267. The van der Waals surface area contributed by atoms with E-state index in [-0.39, 0.29) is 6.04 Å². The van der Waals surface area contributed by atoms with Crippen LogP contribution in [0.2, 0.25) is 0 Å². The Labute approximate surface area is 120 Å². The molecule has 0 aliphatic heterocycles. The molecule has 1 N–H and O–H groups in total. The van der Waals surface area contributed by atoms with E-state index in [1.165, 1.54) is 4.88 Å². The van der Waals surface area contributed by atoms with Gasteiger partial charge in [-0.2, -0.15) is 0 Å². The van der Waals surface area contributed by atoms with Crippen molar-refractivity contribution in [2.75, 3.05) is 20.6 Å². The summed E-state index contributed by atoms with van der Waals surface area (Å²) in [5.41, 5.74) is 0. The van der Waals surface area contributed by atoms with E-state index in [0.29, 0.717) is 0 Å². The summed E-state index contributed by atoms with van der Waals surface area (Å²) in [6.07, 6.45) is 1.72. The Morgan fingerprint density at radius 3 is 2.89 bits per heavy atom. The molecule has 2 rings (SSSR count). The van der Waals surface area contributed by atoms with Gasteiger partial charge in [-0.15, -0.1) is 11.3 Å². The number of halogens is 1. The van der Waals surface area contributed by atoms with Crippen LogP contribution in [0.3, 0.4) is 0 Å². The van der Waals surface area contributed by atoms with Gasteiger partial charge < -0.3 is 9.73 Å². The van der Waals surface area contributed by atoms with E-state index in [4.69, 9.17) is 4.42 Å². The van der Waals surface area contributed by atoms with Gasteiger partial charge in [-0.3, -0.25) is 4.90 Å². The molecule has 0 radical (unpaired) electrons. The third kappa shape index (κ3) is 3.68. The zero-order valence-electron chi connectivity index (χ0n) is 10.5. The van der Waals surface area contributed by atoms with Crippen molar-refractivity contribution in [1.29, 1.82) is 0 Å². The van der Waals surface area contributed by atoms with Crippen molar-refractivity contribution in [3.8, 4) is 0 Å². The maximum Gasteiger partial charge on any atom is 0.122 e. The molecular weight excluding hydrogens is 312 g/mol. The third-order valence-electron chi connectivity index (χ3n) is 2.75. The third-order valence-corrected chi connectivity index (χ3v) is 4.45. The van der Waals surface area contributed by atoms with Crippen LogP contribution in [0.5, 0.6) is 0 Å². The lowest BCUT2D eigenvalue weighted by molar-refractivity contribution is 0.250. The van der Waals surface area contributed by atoms with E-state index < -0.39 is 0 Å². The van der Waals surface area contributed by atoms with Gasteiger partial charge in [0.1, 0.15) is 5.76 Å². The van der Waals surface area contributed by atoms with Crippen LogP contribution in [0.15, 0.2) is 38.7 Å². The van der Waals surface area contributed by atoms with Crippen LogP contribution in [-0.2, 0) is 6.54 Å². The van der Waals surface area contributed by atoms with E-state index in [0.717, 1.165) is 23.3 Å². The van der Waals surface area contributed by atoms with Crippen LogP contribution >= 0.6 is 27.3 Å². The topological polar surface area (TPSA) is 28.4 Å². The van der Waals surface area contributed by atoms with Gasteiger partial charge >= 0.3 is 0 Å². The van der Waals surface area contributed by atoms with E-state index >= 15 is 0 Å². The van der Waals surface area contributed by atoms with E-state index in [2.05, 4.69) is 51.7 Å². The number of nitrogens with one attached hydrogen (secondary N) is 1. The van der Waals surface area contributed by atoms with Crippen molar-refractivity contribution in [2.24, 2.45) is 0 Å². The van der Waals surface area contributed by atoms with Gasteiger partial charge in [0.05, 0.1) is 12.3 Å². The fourth-order valence-corrected chi connectivity index (χ4v) is 3.22. The predicted octanol–water partition coefficient (Wildman–Crippen LogP) is 3.50. The highest BCUT2D eigenvalue weighted by atomic mass is 79.9. The van der Waals surface area contributed by atoms with Crippen LogP contribution < -0.4 is 5.32 Å². The highest BCUT2D eigenvalue weighted by molar-refractivity contribution is 9.10. The average Bonchev–Trinajstić information content (AvgIpc) is 2.95. The van der Waals surface area contributed by atoms with Crippen molar-refractivity contribution in [1.82, 2.24) is 10.2 Å². The monoisotopic (exact) mass is 328 g/mol.